The monoisotopic (exact) mass is 305 g/mol. The number of hydroxylamine groups is 2. The molecule has 106 valence electrons. The molecule has 2 aromatic carbocycles. The second-order valence-corrected chi connectivity index (χ2v) is 5.12. The lowest BCUT2D eigenvalue weighted by Gasteiger charge is -2.19. The Bertz CT molecular complexity index is 815. The zero-order valence-electron chi connectivity index (χ0n) is 11.5. The minimum atomic E-state index is 0.229. The molecule has 5 heteroatoms. The van der Waals surface area contributed by atoms with Crippen molar-refractivity contribution in [3.05, 3.63) is 69.7 Å². The van der Waals surface area contributed by atoms with Crippen LogP contribution in [0.2, 0.25) is 5.02 Å². The number of hydrogen-bond acceptors (Lipinski definition) is 3. The van der Waals surface area contributed by atoms with Gasteiger partial charge in [-0.15, -0.1) is 0 Å². The van der Waals surface area contributed by atoms with Gasteiger partial charge in [-0.05, 0) is 18.2 Å². The molecule has 0 saturated carbocycles. The highest BCUT2D eigenvalue weighted by Gasteiger charge is 2.17. The molecule has 0 fully saturated rings. The third-order valence-corrected chi connectivity index (χ3v) is 3.55. The van der Waals surface area contributed by atoms with E-state index >= 15 is 0 Å². The summed E-state index contributed by atoms with van der Waals surface area (Å²) in [7, 11) is 1.66. The summed E-state index contributed by atoms with van der Waals surface area (Å²) in [4.78, 5) is 8.60. The fourth-order valence-corrected chi connectivity index (χ4v) is 2.52. The molecule has 0 amide bonds. The molecule has 0 radical (unpaired) electrons. The van der Waals surface area contributed by atoms with E-state index in [4.69, 9.17) is 11.6 Å². The van der Waals surface area contributed by atoms with Gasteiger partial charge in [0.1, 0.15) is 12.4 Å². The topological polar surface area (TPSA) is 48.2 Å². The number of benzene rings is 2. The van der Waals surface area contributed by atoms with Crippen LogP contribution in [0.1, 0.15) is 5.56 Å². The van der Waals surface area contributed by atoms with Crippen LogP contribution in [0.4, 0.5) is 0 Å². The van der Waals surface area contributed by atoms with Gasteiger partial charge in [-0.3, -0.25) is 10.2 Å². The molecule has 1 heterocycles. The van der Waals surface area contributed by atoms with E-state index in [1.54, 1.807) is 13.1 Å². The maximum atomic E-state index is 10.5. The fraction of sp³-hybridized carbons (Fsp3) is 0.125. The van der Waals surface area contributed by atoms with E-state index in [1.165, 1.54) is 5.06 Å². The molecule has 3 rings (SSSR count). The summed E-state index contributed by atoms with van der Waals surface area (Å²) in [6.45, 7) is 0.229. The first-order valence-electron chi connectivity index (χ1n) is 6.55. The average molecular weight is 306 g/mol. The maximum absolute atomic E-state index is 10.5. The molecule has 0 aromatic heterocycles. The largest absolute Gasteiger partial charge is 0.288 e. The van der Waals surface area contributed by atoms with Crippen molar-refractivity contribution in [3.8, 4) is 0 Å². The first kappa shape index (κ1) is 13.8. The van der Waals surface area contributed by atoms with E-state index < -0.39 is 0 Å². The molecule has 0 saturated heterocycles. The van der Waals surface area contributed by atoms with E-state index in [1.807, 2.05) is 42.5 Å². The number of nitrogens with zero attached hydrogens (tertiary/aromatic N) is 3. The van der Waals surface area contributed by atoms with Crippen molar-refractivity contribution >= 4 is 23.1 Å². The van der Waals surface area contributed by atoms with E-state index in [0.717, 1.165) is 16.1 Å². The summed E-state index contributed by atoms with van der Waals surface area (Å²) in [6, 6.07) is 15.1. The first-order valence-corrected chi connectivity index (χ1v) is 6.93. The van der Waals surface area contributed by atoms with Crippen molar-refractivity contribution in [1.82, 2.24) is 5.06 Å². The molecule has 0 spiro atoms. The second kappa shape index (κ2) is 5.68. The molecule has 1 N–H and O–H groups in total. The lowest BCUT2D eigenvalue weighted by atomic mass is 10.2. The molecule has 1 aliphatic heterocycles. The lowest BCUT2D eigenvalue weighted by molar-refractivity contribution is -0.0119. The Balaban J connectivity index is 2.42. The highest BCUT2D eigenvalue weighted by Crippen LogP contribution is 2.15. The molecule has 1 aliphatic rings. The third kappa shape index (κ3) is 2.68. The van der Waals surface area contributed by atoms with Crippen molar-refractivity contribution in [2.45, 2.75) is 0 Å². The molecule has 2 aromatic rings. The van der Waals surface area contributed by atoms with Gasteiger partial charge in [-0.2, -0.15) is 0 Å². The van der Waals surface area contributed by atoms with Crippen LogP contribution in [0.5, 0.6) is 0 Å². The van der Waals surface area contributed by atoms with Crippen LogP contribution in [0.15, 0.2) is 58.5 Å². The van der Waals surface area contributed by atoms with E-state index in [9.17, 15) is 5.21 Å². The Morgan fingerprint density at radius 2 is 1.95 bits per heavy atom. The Morgan fingerprint density at radius 1 is 1.19 bits per heavy atom. The summed E-state index contributed by atoms with van der Waals surface area (Å²) in [5, 5.41) is 13.8. The Kier molecular flexibility index (Phi) is 3.73. The number of fused-ring (bicyclic) bond motifs is 1. The van der Waals surface area contributed by atoms with Crippen molar-refractivity contribution in [1.29, 1.82) is 0 Å². The highest BCUT2D eigenvalue weighted by atomic mass is 35.5. The maximum Gasteiger partial charge on any atom is 0.145 e. The minimum Gasteiger partial charge on any atom is -0.288 e. The summed E-state index contributed by atoms with van der Waals surface area (Å²) in [5.41, 5.74) is 1.58. The normalized spacial score (nSPS) is 16.4. The second-order valence-electron chi connectivity index (χ2n) is 4.69. The zero-order chi connectivity index (χ0) is 14.8. The quantitative estimate of drug-likeness (QED) is 0.874. The van der Waals surface area contributed by atoms with Gasteiger partial charge in [0, 0.05) is 22.9 Å². The fourth-order valence-electron chi connectivity index (χ4n) is 2.34. The number of rotatable bonds is 1. The van der Waals surface area contributed by atoms with Gasteiger partial charge in [-0.25, -0.2) is 10.1 Å². The van der Waals surface area contributed by atoms with E-state index in [2.05, 4.69) is 9.98 Å². The van der Waals surface area contributed by atoms with Crippen molar-refractivity contribution < 1.29 is 5.21 Å². The van der Waals surface area contributed by atoms with Crippen LogP contribution in [-0.4, -0.2) is 29.7 Å². The number of hydrogen-bond donors (Lipinski definition) is 1. The highest BCUT2D eigenvalue weighted by molar-refractivity contribution is 6.30. The van der Waals surface area contributed by atoms with Crippen LogP contribution >= 0.6 is 11.6 Å². The van der Waals surface area contributed by atoms with Crippen molar-refractivity contribution in [2.75, 3.05) is 13.6 Å². The molecule has 0 atom stereocenters. The van der Waals surface area contributed by atoms with Crippen LogP contribution < -0.4 is 10.6 Å². The van der Waals surface area contributed by atoms with Gasteiger partial charge in [0.25, 0.3) is 0 Å². The summed E-state index contributed by atoms with van der Waals surface area (Å²) < 4.78 is 0. The van der Waals surface area contributed by atoms with Gasteiger partial charge in [0.15, 0.2) is 0 Å². The van der Waals surface area contributed by atoms with E-state index in [-0.39, 0.29) is 6.54 Å². The number of amidine groups is 1. The molecular weight excluding hydrogens is 292 g/mol. The van der Waals surface area contributed by atoms with Gasteiger partial charge in [-0.1, -0.05) is 41.9 Å². The molecule has 4 nitrogen and oxygen atoms in total. The molecule has 0 aliphatic carbocycles. The van der Waals surface area contributed by atoms with Gasteiger partial charge in [0.05, 0.1) is 11.1 Å². The first-order chi connectivity index (χ1) is 10.2. The van der Waals surface area contributed by atoms with Gasteiger partial charge >= 0.3 is 0 Å². The standard InChI is InChI=1S/C16H14ClN3O/c1-18-15-10-20(21)16(11-5-3-2-4-6-11)13-9-12(17)7-8-14(13)19-15/h2-9,21H,10H2,1H3/i2+1,3+1,4+1,5+1,6+1,11+1. The SMILES string of the molecule is CN=C1CN(O)C([13c]2[13cH][13cH][13cH][13cH][13cH]2)=c2cc(Cl)ccc2=N1. The van der Waals surface area contributed by atoms with E-state index in [0.29, 0.717) is 16.6 Å². The summed E-state index contributed by atoms with van der Waals surface area (Å²) in [6.07, 6.45) is 0. The molecule has 0 unspecified atom stereocenters. The smallest absolute Gasteiger partial charge is 0.145 e. The Hall–Kier alpha value is -2.17. The molecule has 21 heavy (non-hydrogen) atoms. The predicted octanol–water partition coefficient (Wildman–Crippen LogP) is 1.85. The van der Waals surface area contributed by atoms with Crippen LogP contribution in [0.25, 0.3) is 5.70 Å². The van der Waals surface area contributed by atoms with Gasteiger partial charge in [0.2, 0.25) is 0 Å². The van der Waals surface area contributed by atoms with Gasteiger partial charge < -0.3 is 0 Å². The lowest BCUT2D eigenvalue weighted by Crippen LogP contribution is -2.31. The predicted molar refractivity (Wildman–Crippen MR) is 83.0 cm³/mol. The Labute approximate surface area is 127 Å². The summed E-state index contributed by atoms with van der Waals surface area (Å²) >= 11 is 6.12. The van der Waals surface area contributed by atoms with Crippen molar-refractivity contribution in [3.63, 3.8) is 0 Å². The third-order valence-electron chi connectivity index (χ3n) is 3.32. The number of aliphatic imine (C=N–C) groups is 1. The Morgan fingerprint density at radius 3 is 2.67 bits per heavy atom. The van der Waals surface area contributed by atoms with Crippen molar-refractivity contribution in [2.24, 2.45) is 9.98 Å². The summed E-state index contributed by atoms with van der Waals surface area (Å²) in [5.74, 6) is 0.562. The average Bonchev–Trinajstić information content (AvgIpc) is 2.63. The van der Waals surface area contributed by atoms with Crippen LogP contribution in [-0.2, 0) is 0 Å². The minimum absolute atomic E-state index is 0.229. The zero-order valence-corrected chi connectivity index (χ0v) is 12.2. The van der Waals surface area contributed by atoms with Crippen LogP contribution in [0, 0.1) is 0 Å². The molecular formula is C16H14ClN3O. The van der Waals surface area contributed by atoms with Crippen LogP contribution in [0.3, 0.4) is 0 Å². The number of halogens is 1. The molecule has 0 bridgehead atoms.